The second-order valence-corrected chi connectivity index (χ2v) is 5.22. The Balaban J connectivity index is 1.86. The van der Waals surface area contributed by atoms with Crippen LogP contribution in [0.5, 0.6) is 11.5 Å². The van der Waals surface area contributed by atoms with E-state index in [0.717, 1.165) is 11.3 Å². The molecule has 2 aromatic heterocycles. The molecule has 0 aliphatic carbocycles. The van der Waals surface area contributed by atoms with Crippen LogP contribution >= 0.6 is 0 Å². The third-order valence-corrected chi connectivity index (χ3v) is 3.70. The standard InChI is InChI=1S/C16H15N8O2/c1-25-13-9-8-11(10-14(13)26-2)15-19-23(12-6-4-3-5-7-12)24(20-15)16-17-21-22-18-16/h3-10H,1-2H3,(H,17,18,21,22)/q+1. The summed E-state index contributed by atoms with van der Waals surface area (Å²) in [5.74, 6) is 1.96. The van der Waals surface area contributed by atoms with Crippen LogP contribution < -0.4 is 14.3 Å². The number of benzene rings is 2. The largest absolute Gasteiger partial charge is 0.493 e. The van der Waals surface area contributed by atoms with Crippen molar-refractivity contribution in [2.45, 2.75) is 0 Å². The number of methoxy groups -OCH3 is 2. The van der Waals surface area contributed by atoms with E-state index in [0.29, 0.717) is 17.3 Å². The minimum Gasteiger partial charge on any atom is -0.493 e. The molecule has 10 heteroatoms. The van der Waals surface area contributed by atoms with Crippen LogP contribution in [0.2, 0.25) is 0 Å². The van der Waals surface area contributed by atoms with Crippen LogP contribution in [0.1, 0.15) is 0 Å². The summed E-state index contributed by atoms with van der Waals surface area (Å²) < 4.78 is 10.6. The molecule has 0 amide bonds. The van der Waals surface area contributed by atoms with Crippen molar-refractivity contribution in [1.82, 2.24) is 35.6 Å². The fourth-order valence-corrected chi connectivity index (χ4v) is 2.47. The van der Waals surface area contributed by atoms with Gasteiger partial charge in [-0.25, -0.2) is 0 Å². The molecule has 1 N–H and O–H groups in total. The smallest absolute Gasteiger partial charge is 0.470 e. The Morgan fingerprint density at radius 1 is 1.00 bits per heavy atom. The van der Waals surface area contributed by atoms with E-state index in [9.17, 15) is 0 Å². The van der Waals surface area contributed by atoms with Gasteiger partial charge < -0.3 is 9.47 Å². The highest BCUT2D eigenvalue weighted by Gasteiger charge is 2.24. The van der Waals surface area contributed by atoms with Gasteiger partial charge in [-0.3, -0.25) is 0 Å². The molecule has 0 unspecified atom stereocenters. The number of nitrogens with one attached hydrogen (secondary N) is 1. The zero-order valence-corrected chi connectivity index (χ0v) is 14.1. The lowest BCUT2D eigenvalue weighted by molar-refractivity contribution is -0.740. The average molecular weight is 351 g/mol. The first-order chi connectivity index (χ1) is 12.8. The van der Waals surface area contributed by atoms with E-state index in [1.807, 2.05) is 42.5 Å². The quantitative estimate of drug-likeness (QED) is 0.528. The lowest BCUT2D eigenvalue weighted by atomic mass is 10.2. The number of nitrogens with zero attached hydrogens (tertiary/aromatic N) is 7. The van der Waals surface area contributed by atoms with E-state index in [1.54, 1.807) is 25.1 Å². The highest BCUT2D eigenvalue weighted by atomic mass is 16.5. The maximum absolute atomic E-state index is 5.36. The number of hydrogen-bond acceptors (Lipinski definition) is 7. The van der Waals surface area contributed by atoms with Crippen LogP contribution in [-0.2, 0) is 0 Å². The number of aromatic nitrogens is 8. The summed E-state index contributed by atoms with van der Waals surface area (Å²) in [6, 6.07) is 15.0. The first-order valence-corrected chi connectivity index (χ1v) is 7.71. The van der Waals surface area contributed by atoms with Gasteiger partial charge >= 0.3 is 5.95 Å². The molecule has 26 heavy (non-hydrogen) atoms. The molecule has 130 valence electrons. The lowest BCUT2D eigenvalue weighted by Gasteiger charge is -2.07. The molecule has 0 aliphatic rings. The van der Waals surface area contributed by atoms with Crippen molar-refractivity contribution in [3.05, 3.63) is 48.5 Å². The normalized spacial score (nSPS) is 10.7. The Morgan fingerprint density at radius 2 is 1.81 bits per heavy atom. The van der Waals surface area contributed by atoms with Gasteiger partial charge in [0.1, 0.15) is 5.69 Å². The van der Waals surface area contributed by atoms with Crippen molar-refractivity contribution < 1.29 is 14.3 Å². The van der Waals surface area contributed by atoms with Crippen LogP contribution in [0.25, 0.3) is 23.0 Å². The number of ether oxygens (including phenoxy) is 2. The summed E-state index contributed by atoms with van der Waals surface area (Å²) in [6.45, 7) is 0. The first kappa shape index (κ1) is 15.7. The van der Waals surface area contributed by atoms with Gasteiger partial charge in [0, 0.05) is 21.0 Å². The monoisotopic (exact) mass is 351 g/mol. The predicted octanol–water partition coefficient (Wildman–Crippen LogP) is 0.741. The van der Waals surface area contributed by atoms with Crippen LogP contribution in [0.3, 0.4) is 0 Å². The van der Waals surface area contributed by atoms with Gasteiger partial charge in [-0.15, -0.1) is 5.21 Å². The molecular formula is C16H15N8O2+. The fourth-order valence-electron chi connectivity index (χ4n) is 2.47. The van der Waals surface area contributed by atoms with E-state index in [1.165, 1.54) is 4.80 Å². The Morgan fingerprint density at radius 3 is 2.50 bits per heavy atom. The van der Waals surface area contributed by atoms with Gasteiger partial charge in [0.25, 0.3) is 5.82 Å². The van der Waals surface area contributed by atoms with E-state index in [4.69, 9.17) is 9.47 Å². The molecule has 4 rings (SSSR count). The number of tetrazole rings is 2. The van der Waals surface area contributed by atoms with Gasteiger partial charge in [0.15, 0.2) is 11.5 Å². The molecule has 0 spiro atoms. The van der Waals surface area contributed by atoms with Gasteiger partial charge in [-0.2, -0.15) is 0 Å². The zero-order chi connectivity index (χ0) is 17.9. The molecule has 0 bridgehead atoms. The number of H-pyrrole nitrogens is 1. The summed E-state index contributed by atoms with van der Waals surface area (Å²) in [6.07, 6.45) is 0. The van der Waals surface area contributed by atoms with Crippen LogP contribution in [0.4, 0.5) is 0 Å². The number of rotatable bonds is 5. The molecule has 0 saturated carbocycles. The molecular weight excluding hydrogens is 336 g/mol. The maximum Gasteiger partial charge on any atom is 0.470 e. The van der Waals surface area contributed by atoms with Crippen molar-refractivity contribution >= 4 is 0 Å². The molecule has 2 aromatic carbocycles. The highest BCUT2D eigenvalue weighted by Crippen LogP contribution is 2.30. The van der Waals surface area contributed by atoms with Crippen molar-refractivity contribution in [3.63, 3.8) is 0 Å². The molecule has 2 heterocycles. The predicted molar refractivity (Wildman–Crippen MR) is 89.2 cm³/mol. The van der Waals surface area contributed by atoms with E-state index >= 15 is 0 Å². The molecule has 0 fully saturated rings. The number of aromatic amines is 1. The summed E-state index contributed by atoms with van der Waals surface area (Å²) >= 11 is 0. The third-order valence-electron chi connectivity index (χ3n) is 3.70. The SMILES string of the molecule is COc1ccc(-c2nn(-c3ccccc3)[n+](-c3nn[nH]n3)n2)cc1OC. The van der Waals surface area contributed by atoms with Crippen molar-refractivity contribution in [3.8, 4) is 34.5 Å². The Hall–Kier alpha value is -3.82. The molecule has 0 radical (unpaired) electrons. The van der Waals surface area contributed by atoms with Gasteiger partial charge in [-0.05, 0) is 40.2 Å². The molecule has 0 saturated heterocycles. The second kappa shape index (κ2) is 6.59. The first-order valence-electron chi connectivity index (χ1n) is 7.71. The topological polar surface area (TPSA) is 108 Å². The van der Waals surface area contributed by atoms with Gasteiger partial charge in [0.2, 0.25) is 0 Å². The Bertz CT molecular complexity index is 1010. The van der Waals surface area contributed by atoms with E-state index in [-0.39, 0.29) is 5.95 Å². The maximum atomic E-state index is 5.36. The van der Waals surface area contributed by atoms with Crippen LogP contribution in [-0.4, -0.2) is 49.8 Å². The van der Waals surface area contributed by atoms with Crippen molar-refractivity contribution in [2.24, 2.45) is 0 Å². The van der Waals surface area contributed by atoms with Crippen LogP contribution in [0, 0.1) is 0 Å². The minimum absolute atomic E-state index is 0.271. The summed E-state index contributed by atoms with van der Waals surface area (Å²) in [5.41, 5.74) is 1.56. The van der Waals surface area contributed by atoms with E-state index in [2.05, 4.69) is 30.8 Å². The Kier molecular flexibility index (Phi) is 3.98. The zero-order valence-electron chi connectivity index (χ0n) is 14.1. The molecule has 10 nitrogen and oxygen atoms in total. The third kappa shape index (κ3) is 2.73. The highest BCUT2D eigenvalue weighted by molar-refractivity contribution is 5.60. The van der Waals surface area contributed by atoms with Gasteiger partial charge in [0.05, 0.1) is 14.2 Å². The van der Waals surface area contributed by atoms with Crippen molar-refractivity contribution in [1.29, 1.82) is 0 Å². The fraction of sp³-hybridized carbons (Fsp3) is 0.125. The lowest BCUT2D eigenvalue weighted by Crippen LogP contribution is -2.44. The second-order valence-electron chi connectivity index (χ2n) is 5.22. The van der Waals surface area contributed by atoms with Crippen molar-refractivity contribution in [2.75, 3.05) is 14.2 Å². The molecule has 4 aromatic rings. The van der Waals surface area contributed by atoms with Gasteiger partial charge in [-0.1, -0.05) is 28.1 Å². The van der Waals surface area contributed by atoms with Crippen LogP contribution in [0.15, 0.2) is 48.5 Å². The summed E-state index contributed by atoms with van der Waals surface area (Å²) in [4.78, 5) is 3.06. The number of hydrogen-bond donors (Lipinski definition) is 1. The average Bonchev–Trinajstić information content (AvgIpc) is 3.37. The molecule has 0 atom stereocenters. The Labute approximate surface area is 148 Å². The van der Waals surface area contributed by atoms with E-state index < -0.39 is 0 Å². The minimum atomic E-state index is 0.271. The summed E-state index contributed by atoms with van der Waals surface area (Å²) in [7, 11) is 3.17. The number of para-hydroxylation sites is 1. The summed E-state index contributed by atoms with van der Waals surface area (Å²) in [5, 5.41) is 23.1. The molecule has 0 aliphatic heterocycles.